The van der Waals surface area contributed by atoms with E-state index in [0.29, 0.717) is 4.96 Å². The van der Waals surface area contributed by atoms with E-state index in [2.05, 4.69) is 37.9 Å². The lowest BCUT2D eigenvalue weighted by Gasteiger charge is -2.21. The van der Waals surface area contributed by atoms with Crippen molar-refractivity contribution in [3.05, 3.63) is 41.0 Å². The Balaban J connectivity index is 2.22. The number of carbonyl (C=O) groups is 1. The number of nitrogens with zero attached hydrogens (tertiary/aromatic N) is 2. The van der Waals surface area contributed by atoms with Gasteiger partial charge in [-0.15, -0.1) is 11.3 Å². The Bertz CT molecular complexity index is 887. The Morgan fingerprint density at radius 2 is 2.09 bits per heavy atom. The minimum Gasteiger partial charge on any atom is -0.496 e. The van der Waals surface area contributed by atoms with Crippen molar-refractivity contribution in [2.75, 3.05) is 7.11 Å². The summed E-state index contributed by atoms with van der Waals surface area (Å²) in [7, 11) is 1.63. The Labute approximate surface area is 138 Å². The second-order valence-electron chi connectivity index (χ2n) is 6.37. The molecule has 0 amide bonds. The first-order chi connectivity index (χ1) is 10.8. The monoisotopic (exact) mass is 330 g/mol. The highest BCUT2D eigenvalue weighted by Gasteiger charge is 2.20. The number of hydrogen-bond donors (Lipinski definition) is 1. The summed E-state index contributed by atoms with van der Waals surface area (Å²) >= 11 is 1.41. The maximum Gasteiger partial charge on any atom is 0.356 e. The van der Waals surface area contributed by atoms with E-state index >= 15 is 0 Å². The number of carboxylic acids is 1. The molecule has 0 aliphatic carbocycles. The van der Waals surface area contributed by atoms with Gasteiger partial charge >= 0.3 is 5.97 Å². The molecular weight excluding hydrogens is 312 g/mol. The molecule has 3 aromatic rings. The summed E-state index contributed by atoms with van der Waals surface area (Å²) < 4.78 is 7.30. The molecule has 1 N–H and O–H groups in total. The van der Waals surface area contributed by atoms with Crippen molar-refractivity contribution in [2.45, 2.75) is 26.2 Å². The molecule has 0 saturated heterocycles. The van der Waals surface area contributed by atoms with Gasteiger partial charge in [0, 0.05) is 17.1 Å². The van der Waals surface area contributed by atoms with Crippen LogP contribution in [0.3, 0.4) is 0 Å². The molecule has 1 aromatic carbocycles. The number of thiazole rings is 1. The summed E-state index contributed by atoms with van der Waals surface area (Å²) in [6.45, 7) is 6.46. The molecule has 0 radical (unpaired) electrons. The number of aromatic carboxylic acids is 1. The van der Waals surface area contributed by atoms with Crippen molar-refractivity contribution in [3.63, 3.8) is 0 Å². The predicted octanol–water partition coefficient (Wildman–Crippen LogP) is 4.07. The van der Waals surface area contributed by atoms with Crippen LogP contribution in [0.5, 0.6) is 5.75 Å². The predicted molar refractivity (Wildman–Crippen MR) is 90.7 cm³/mol. The van der Waals surface area contributed by atoms with Crippen LogP contribution in [0.25, 0.3) is 16.2 Å². The average molecular weight is 330 g/mol. The highest BCUT2D eigenvalue weighted by atomic mass is 32.1. The van der Waals surface area contributed by atoms with Crippen LogP contribution < -0.4 is 4.74 Å². The van der Waals surface area contributed by atoms with Crippen LogP contribution in [0.15, 0.2) is 29.8 Å². The lowest BCUT2D eigenvalue weighted by atomic mass is 9.86. The number of imidazole rings is 1. The SMILES string of the molecule is COc1ccc(C(C)(C)C)cc1-c1csc2nc(C(=O)O)cn12. The van der Waals surface area contributed by atoms with Crippen LogP contribution in [0.1, 0.15) is 36.8 Å². The first kappa shape index (κ1) is 15.6. The van der Waals surface area contributed by atoms with E-state index < -0.39 is 5.97 Å². The van der Waals surface area contributed by atoms with Crippen LogP contribution in [-0.4, -0.2) is 27.6 Å². The zero-order valence-electron chi connectivity index (χ0n) is 13.5. The van der Waals surface area contributed by atoms with E-state index in [1.54, 1.807) is 17.7 Å². The Hall–Kier alpha value is -2.34. The fourth-order valence-corrected chi connectivity index (χ4v) is 3.33. The zero-order chi connectivity index (χ0) is 16.8. The van der Waals surface area contributed by atoms with E-state index in [4.69, 9.17) is 9.84 Å². The summed E-state index contributed by atoms with van der Waals surface area (Å²) in [5, 5.41) is 11.1. The normalized spacial score (nSPS) is 11.8. The lowest BCUT2D eigenvalue weighted by Crippen LogP contribution is -2.11. The number of fused-ring (bicyclic) bond motifs is 1. The molecule has 2 heterocycles. The van der Waals surface area contributed by atoms with Gasteiger partial charge in [-0.05, 0) is 23.1 Å². The number of ether oxygens (including phenoxy) is 1. The van der Waals surface area contributed by atoms with Gasteiger partial charge in [0.05, 0.1) is 12.8 Å². The molecule has 5 nitrogen and oxygen atoms in total. The largest absolute Gasteiger partial charge is 0.496 e. The van der Waals surface area contributed by atoms with Crippen LogP contribution in [0, 0.1) is 0 Å². The third-order valence-corrected chi connectivity index (χ3v) is 4.61. The summed E-state index contributed by atoms with van der Waals surface area (Å²) in [5.74, 6) is -0.273. The fourth-order valence-electron chi connectivity index (χ4n) is 2.46. The van der Waals surface area contributed by atoms with Crippen molar-refractivity contribution < 1.29 is 14.6 Å². The van der Waals surface area contributed by atoms with Crippen molar-refractivity contribution in [3.8, 4) is 17.0 Å². The van der Waals surface area contributed by atoms with Gasteiger partial charge in [-0.25, -0.2) is 9.78 Å². The molecule has 0 spiro atoms. The number of carboxylic acid groups (broad SMARTS) is 1. The Kier molecular flexibility index (Phi) is 3.64. The van der Waals surface area contributed by atoms with E-state index in [0.717, 1.165) is 17.0 Å². The van der Waals surface area contributed by atoms with Gasteiger partial charge in [0.25, 0.3) is 0 Å². The minimum absolute atomic E-state index is 0.0112. The van der Waals surface area contributed by atoms with Crippen LogP contribution in [0.4, 0.5) is 0 Å². The second-order valence-corrected chi connectivity index (χ2v) is 7.21. The molecule has 0 saturated carbocycles. The quantitative estimate of drug-likeness (QED) is 0.786. The van der Waals surface area contributed by atoms with Crippen molar-refractivity contribution in [1.82, 2.24) is 9.38 Å². The number of rotatable bonds is 3. The number of benzene rings is 1. The third kappa shape index (κ3) is 2.70. The lowest BCUT2D eigenvalue weighted by molar-refractivity contribution is 0.0691. The van der Waals surface area contributed by atoms with Crippen molar-refractivity contribution in [1.29, 1.82) is 0 Å². The molecule has 3 rings (SSSR count). The summed E-state index contributed by atoms with van der Waals surface area (Å²) in [4.78, 5) is 15.9. The molecule has 0 fully saturated rings. The molecule has 2 aromatic heterocycles. The Morgan fingerprint density at radius 1 is 1.35 bits per heavy atom. The summed E-state index contributed by atoms with van der Waals surface area (Å²) in [5.41, 5.74) is 3.06. The topological polar surface area (TPSA) is 63.8 Å². The summed E-state index contributed by atoms with van der Waals surface area (Å²) in [6, 6.07) is 6.11. The van der Waals surface area contributed by atoms with Gasteiger partial charge in [0.2, 0.25) is 0 Å². The smallest absolute Gasteiger partial charge is 0.356 e. The molecule has 23 heavy (non-hydrogen) atoms. The first-order valence-electron chi connectivity index (χ1n) is 7.20. The van der Waals surface area contributed by atoms with Gasteiger partial charge in [-0.3, -0.25) is 4.40 Å². The van der Waals surface area contributed by atoms with Crippen molar-refractivity contribution in [2.24, 2.45) is 0 Å². The van der Waals surface area contributed by atoms with Gasteiger partial charge in [-0.2, -0.15) is 0 Å². The van der Waals surface area contributed by atoms with Crippen LogP contribution >= 0.6 is 11.3 Å². The second kappa shape index (κ2) is 5.38. The molecule has 120 valence electrons. The van der Waals surface area contributed by atoms with E-state index in [1.165, 1.54) is 16.9 Å². The highest BCUT2D eigenvalue weighted by Crippen LogP contribution is 2.36. The molecular formula is C17H18N2O3S. The Morgan fingerprint density at radius 3 is 2.70 bits per heavy atom. The number of aromatic nitrogens is 2. The summed E-state index contributed by atoms with van der Waals surface area (Å²) in [6.07, 6.45) is 1.55. The van der Waals surface area contributed by atoms with E-state index in [1.807, 2.05) is 11.4 Å². The van der Waals surface area contributed by atoms with E-state index in [-0.39, 0.29) is 11.1 Å². The zero-order valence-corrected chi connectivity index (χ0v) is 14.3. The number of hydrogen-bond acceptors (Lipinski definition) is 4. The maximum absolute atomic E-state index is 11.1. The standard InChI is InChI=1S/C17H18N2O3S/c1-17(2,3)10-5-6-14(22-4)11(7-10)13-9-23-16-18-12(15(20)21)8-19(13)16/h5-9H,1-4H3,(H,20,21). The minimum atomic E-state index is -1.03. The maximum atomic E-state index is 11.1. The molecule has 0 atom stereocenters. The molecule has 0 unspecified atom stereocenters. The van der Waals surface area contributed by atoms with Gasteiger partial charge < -0.3 is 9.84 Å². The van der Waals surface area contributed by atoms with Crippen LogP contribution in [-0.2, 0) is 5.41 Å². The van der Waals surface area contributed by atoms with Gasteiger partial charge in [0.1, 0.15) is 5.75 Å². The molecule has 0 aliphatic rings. The number of methoxy groups -OCH3 is 1. The van der Waals surface area contributed by atoms with Gasteiger partial charge in [-0.1, -0.05) is 26.8 Å². The molecule has 0 bridgehead atoms. The average Bonchev–Trinajstić information content (AvgIpc) is 3.05. The first-order valence-corrected chi connectivity index (χ1v) is 8.08. The van der Waals surface area contributed by atoms with Gasteiger partial charge in [0.15, 0.2) is 10.7 Å². The van der Waals surface area contributed by atoms with Crippen molar-refractivity contribution >= 4 is 22.3 Å². The fraction of sp³-hybridized carbons (Fsp3) is 0.294. The van der Waals surface area contributed by atoms with E-state index in [9.17, 15) is 4.79 Å². The molecule has 0 aliphatic heterocycles. The highest BCUT2D eigenvalue weighted by molar-refractivity contribution is 7.15. The molecule has 6 heteroatoms. The van der Waals surface area contributed by atoms with Crippen LogP contribution in [0.2, 0.25) is 0 Å². The third-order valence-electron chi connectivity index (χ3n) is 3.77.